The fourth-order valence-corrected chi connectivity index (χ4v) is 8.15. The van der Waals surface area contributed by atoms with Gasteiger partial charge in [-0.1, -0.05) is 172 Å². The standard InChI is InChI=1S/C54H94O15/c1-3-5-7-9-11-13-15-17-19-21-23-25-27-29-31-33-35-37-46(57)67-42(39-64-45(56)36-34-32-30-28-26-24-22-20-18-16-14-12-10-8-6-4-2)40-65-53-52(63)50(61)48(59)44(69-53)41-66-54-51(62)49(60)47(58)43(38-55)68-54/h7,9,13,15,19,21,25,27,42-44,47-55,58-63H,3-6,8,10-12,14,16-18,20,22-24,26,28-41H2,1-2H3/b9-7+,15-13+,21-19+,27-25+/t42-,43+,44+,47-,48-,49?,50?,51?,52?,53+,54+/m0/s1. The average Bonchev–Trinajstić information content (AvgIpc) is 3.34. The van der Waals surface area contributed by atoms with Gasteiger partial charge in [-0.05, 0) is 51.4 Å². The molecule has 2 saturated heterocycles. The second kappa shape index (κ2) is 41.0. The summed E-state index contributed by atoms with van der Waals surface area (Å²) in [7, 11) is 0. The first-order valence-corrected chi connectivity index (χ1v) is 26.7. The Morgan fingerprint density at radius 2 is 0.899 bits per heavy atom. The van der Waals surface area contributed by atoms with E-state index in [1.165, 1.54) is 83.5 Å². The molecule has 0 amide bonds. The summed E-state index contributed by atoms with van der Waals surface area (Å²) in [6, 6.07) is 0. The summed E-state index contributed by atoms with van der Waals surface area (Å²) in [5.41, 5.74) is 0. The molecule has 0 saturated carbocycles. The highest BCUT2D eigenvalue weighted by Crippen LogP contribution is 2.26. The number of unbranched alkanes of at least 4 members (excludes halogenated alkanes) is 19. The Labute approximate surface area is 414 Å². The number of allylic oxidation sites excluding steroid dienone is 8. The van der Waals surface area contributed by atoms with Gasteiger partial charge < -0.3 is 64.2 Å². The van der Waals surface area contributed by atoms with Crippen LogP contribution in [0.2, 0.25) is 0 Å². The Morgan fingerprint density at radius 3 is 1.42 bits per heavy atom. The van der Waals surface area contributed by atoms with Crippen LogP contribution in [0.25, 0.3) is 0 Å². The Balaban J connectivity index is 1.81. The third-order valence-electron chi connectivity index (χ3n) is 12.5. The molecule has 15 heteroatoms. The van der Waals surface area contributed by atoms with Crippen molar-refractivity contribution >= 4 is 11.9 Å². The lowest BCUT2D eigenvalue weighted by Crippen LogP contribution is -2.61. The highest BCUT2D eigenvalue weighted by Gasteiger charge is 2.47. The molecule has 2 fully saturated rings. The predicted molar refractivity (Wildman–Crippen MR) is 266 cm³/mol. The molecule has 2 aliphatic rings. The minimum absolute atomic E-state index is 0.128. The average molecular weight is 983 g/mol. The van der Waals surface area contributed by atoms with E-state index in [0.717, 1.165) is 64.2 Å². The maximum Gasteiger partial charge on any atom is 0.306 e. The number of aliphatic hydroxyl groups is 7. The molecule has 2 rings (SSSR count). The highest BCUT2D eigenvalue weighted by atomic mass is 16.7. The first kappa shape index (κ1) is 62.6. The molecule has 0 bridgehead atoms. The Bertz CT molecular complexity index is 1390. The van der Waals surface area contributed by atoms with Gasteiger partial charge in [0.05, 0.1) is 19.8 Å². The zero-order valence-corrected chi connectivity index (χ0v) is 42.3. The van der Waals surface area contributed by atoms with E-state index >= 15 is 0 Å². The maximum atomic E-state index is 13.0. The molecule has 0 spiro atoms. The van der Waals surface area contributed by atoms with Gasteiger partial charge in [0, 0.05) is 12.8 Å². The summed E-state index contributed by atoms with van der Waals surface area (Å²) < 4.78 is 33.6. The van der Waals surface area contributed by atoms with Crippen LogP contribution in [0, 0.1) is 0 Å². The number of ether oxygens (including phenoxy) is 6. The predicted octanol–water partition coefficient (Wildman–Crippen LogP) is 7.88. The van der Waals surface area contributed by atoms with Crippen LogP contribution in [0.4, 0.5) is 0 Å². The SMILES string of the molecule is CCC/C=C/C/C=C/C/C=C/C/C=C/CCCCCC(=O)O[C@@H](COC(=O)CCCCCCCCCCCCCCCCCC)CO[C@@H]1O[C@H](CO[C@@H]2O[C@H](CO)[C@H](O)C(O)C2O)[C@H](O)C(O)C1O. The molecular weight excluding hydrogens is 889 g/mol. The van der Waals surface area contributed by atoms with Gasteiger partial charge in [-0.15, -0.1) is 0 Å². The molecule has 0 aromatic rings. The summed E-state index contributed by atoms with van der Waals surface area (Å²) in [5.74, 6) is -0.957. The highest BCUT2D eigenvalue weighted by molar-refractivity contribution is 5.70. The molecule has 400 valence electrons. The topological polar surface area (TPSA) is 231 Å². The largest absolute Gasteiger partial charge is 0.462 e. The Kier molecular flexibility index (Phi) is 37.2. The zero-order valence-electron chi connectivity index (χ0n) is 42.3. The number of aliphatic hydroxyl groups excluding tert-OH is 7. The minimum Gasteiger partial charge on any atom is -0.462 e. The molecule has 0 aliphatic carbocycles. The molecule has 4 unspecified atom stereocenters. The van der Waals surface area contributed by atoms with Crippen molar-refractivity contribution in [2.24, 2.45) is 0 Å². The van der Waals surface area contributed by atoms with Crippen LogP contribution in [-0.2, 0) is 38.0 Å². The van der Waals surface area contributed by atoms with Crippen LogP contribution >= 0.6 is 0 Å². The molecule has 2 aliphatic heterocycles. The fraction of sp³-hybridized carbons (Fsp3) is 0.815. The van der Waals surface area contributed by atoms with Crippen molar-refractivity contribution in [3.63, 3.8) is 0 Å². The second-order valence-electron chi connectivity index (χ2n) is 18.7. The number of esters is 2. The zero-order chi connectivity index (χ0) is 50.3. The second-order valence-corrected chi connectivity index (χ2v) is 18.7. The fourth-order valence-electron chi connectivity index (χ4n) is 8.15. The summed E-state index contributed by atoms with van der Waals surface area (Å²) in [6.45, 7) is 2.50. The lowest BCUT2D eigenvalue weighted by Gasteiger charge is -2.42. The van der Waals surface area contributed by atoms with Gasteiger partial charge in [0.1, 0.15) is 55.4 Å². The lowest BCUT2D eigenvalue weighted by molar-refractivity contribution is -0.332. The van der Waals surface area contributed by atoms with E-state index in [4.69, 9.17) is 28.4 Å². The molecule has 0 radical (unpaired) electrons. The van der Waals surface area contributed by atoms with E-state index in [9.17, 15) is 45.3 Å². The van der Waals surface area contributed by atoms with Gasteiger partial charge in [0.15, 0.2) is 18.7 Å². The first-order chi connectivity index (χ1) is 33.5. The number of hydrogen-bond acceptors (Lipinski definition) is 15. The van der Waals surface area contributed by atoms with Gasteiger partial charge in [-0.3, -0.25) is 9.59 Å². The molecule has 15 nitrogen and oxygen atoms in total. The third-order valence-corrected chi connectivity index (χ3v) is 12.5. The summed E-state index contributed by atoms with van der Waals surface area (Å²) >= 11 is 0. The number of rotatable bonds is 41. The van der Waals surface area contributed by atoms with Gasteiger partial charge in [0.25, 0.3) is 0 Å². The molecule has 2 heterocycles. The van der Waals surface area contributed by atoms with Crippen LogP contribution < -0.4 is 0 Å². The van der Waals surface area contributed by atoms with Crippen LogP contribution in [0.15, 0.2) is 48.6 Å². The van der Waals surface area contributed by atoms with Crippen molar-refractivity contribution in [3.05, 3.63) is 48.6 Å². The van der Waals surface area contributed by atoms with Crippen LogP contribution in [0.3, 0.4) is 0 Å². The van der Waals surface area contributed by atoms with Crippen molar-refractivity contribution in [2.75, 3.05) is 26.4 Å². The van der Waals surface area contributed by atoms with Crippen molar-refractivity contribution in [1.82, 2.24) is 0 Å². The van der Waals surface area contributed by atoms with Gasteiger partial charge in [0.2, 0.25) is 0 Å². The molecule has 69 heavy (non-hydrogen) atoms. The molecule has 7 N–H and O–H groups in total. The molecule has 0 aromatic carbocycles. The molecule has 0 aromatic heterocycles. The van der Waals surface area contributed by atoms with E-state index in [0.29, 0.717) is 12.8 Å². The quantitative estimate of drug-likeness (QED) is 0.0176. The third kappa shape index (κ3) is 28.9. The smallest absolute Gasteiger partial charge is 0.306 e. The van der Waals surface area contributed by atoms with Crippen molar-refractivity contribution in [1.29, 1.82) is 0 Å². The van der Waals surface area contributed by atoms with Gasteiger partial charge >= 0.3 is 11.9 Å². The van der Waals surface area contributed by atoms with Crippen molar-refractivity contribution in [3.8, 4) is 0 Å². The van der Waals surface area contributed by atoms with E-state index in [1.54, 1.807) is 0 Å². The lowest BCUT2D eigenvalue weighted by atomic mass is 9.98. The van der Waals surface area contributed by atoms with E-state index in [2.05, 4.69) is 62.5 Å². The monoisotopic (exact) mass is 983 g/mol. The molecule has 11 atom stereocenters. The van der Waals surface area contributed by atoms with Crippen LogP contribution in [0.5, 0.6) is 0 Å². The summed E-state index contributed by atoms with van der Waals surface area (Å²) in [5, 5.41) is 72.1. The number of carbonyl (C=O) groups excluding carboxylic acids is 2. The molecular formula is C54H94O15. The summed E-state index contributed by atoms with van der Waals surface area (Å²) in [4.78, 5) is 25.8. The Morgan fingerprint density at radius 1 is 0.464 bits per heavy atom. The number of carbonyl (C=O) groups is 2. The van der Waals surface area contributed by atoms with E-state index in [-0.39, 0.29) is 19.4 Å². The van der Waals surface area contributed by atoms with E-state index in [1.807, 2.05) is 0 Å². The van der Waals surface area contributed by atoms with Crippen LogP contribution in [-0.4, -0.2) is 142 Å². The maximum absolute atomic E-state index is 13.0. The minimum atomic E-state index is -1.77. The Hall–Kier alpha value is -2.54. The van der Waals surface area contributed by atoms with Crippen molar-refractivity contribution < 1.29 is 73.8 Å². The van der Waals surface area contributed by atoms with Crippen LogP contribution in [0.1, 0.15) is 187 Å². The van der Waals surface area contributed by atoms with Gasteiger partial charge in [-0.25, -0.2) is 0 Å². The van der Waals surface area contributed by atoms with Gasteiger partial charge in [-0.2, -0.15) is 0 Å². The normalized spacial score (nSPS) is 25.9. The van der Waals surface area contributed by atoms with E-state index < -0.39 is 99.3 Å². The van der Waals surface area contributed by atoms with Crippen molar-refractivity contribution in [2.45, 2.75) is 255 Å². The number of hydrogen-bond donors (Lipinski definition) is 7. The first-order valence-electron chi connectivity index (χ1n) is 26.7. The summed E-state index contributed by atoms with van der Waals surface area (Å²) in [6.07, 6.45) is 28.5.